The van der Waals surface area contributed by atoms with Crippen LogP contribution >= 0.6 is 12.4 Å². The van der Waals surface area contributed by atoms with Crippen molar-refractivity contribution in [3.63, 3.8) is 0 Å². The number of halogens is 1. The van der Waals surface area contributed by atoms with E-state index in [1.807, 2.05) is 22.9 Å². The second kappa shape index (κ2) is 7.41. The van der Waals surface area contributed by atoms with E-state index in [1.165, 1.54) is 0 Å². The summed E-state index contributed by atoms with van der Waals surface area (Å²) in [7, 11) is 1.65. The van der Waals surface area contributed by atoms with Crippen LogP contribution in [0, 0.1) is 0 Å². The number of ether oxygens (including phenoxy) is 1. The molecule has 25 heavy (non-hydrogen) atoms. The van der Waals surface area contributed by atoms with Crippen molar-refractivity contribution in [3.8, 4) is 5.75 Å². The fourth-order valence-corrected chi connectivity index (χ4v) is 3.48. The molecular formula is C17H22ClN5O2. The van der Waals surface area contributed by atoms with Gasteiger partial charge in [-0.1, -0.05) is 5.21 Å². The van der Waals surface area contributed by atoms with E-state index in [4.69, 9.17) is 4.74 Å². The zero-order valence-corrected chi connectivity index (χ0v) is 15.0. The Kier molecular flexibility index (Phi) is 5.24. The third-order valence-corrected chi connectivity index (χ3v) is 4.84. The first-order valence-corrected chi connectivity index (χ1v) is 8.37. The molecule has 1 aromatic carbocycles. The molecule has 0 bridgehead atoms. The maximum absolute atomic E-state index is 12.8. The number of carbonyl (C=O) groups excluding carboxylic acids is 1. The van der Waals surface area contributed by atoms with Crippen LogP contribution in [0.5, 0.6) is 5.75 Å². The van der Waals surface area contributed by atoms with Crippen molar-refractivity contribution in [1.82, 2.24) is 20.3 Å². The number of carbonyl (C=O) groups is 1. The minimum atomic E-state index is -0.0842. The first-order valence-electron chi connectivity index (χ1n) is 8.37. The number of fused-ring (bicyclic) bond motifs is 1. The van der Waals surface area contributed by atoms with E-state index in [0.29, 0.717) is 18.3 Å². The summed E-state index contributed by atoms with van der Waals surface area (Å²) < 4.78 is 7.10. The van der Waals surface area contributed by atoms with Crippen LogP contribution in [0.4, 0.5) is 5.69 Å². The van der Waals surface area contributed by atoms with Gasteiger partial charge < -0.3 is 15.0 Å². The minimum absolute atomic E-state index is 0. The SMILES string of the molecule is COc1ccc2c(c1)CCN2C(=O)c1cn(C2CCNCC2)nn1.Cl. The molecule has 0 aliphatic carbocycles. The Balaban J connectivity index is 0.00000182. The van der Waals surface area contributed by atoms with Gasteiger partial charge in [-0.25, -0.2) is 4.68 Å². The second-order valence-electron chi connectivity index (χ2n) is 6.27. The molecule has 0 atom stereocenters. The number of rotatable bonds is 3. The molecule has 3 heterocycles. The Bertz CT molecular complexity index is 757. The molecule has 0 unspecified atom stereocenters. The largest absolute Gasteiger partial charge is 0.497 e. The standard InChI is InChI=1S/C17H21N5O2.ClH/c1-24-14-2-3-16-12(10-14)6-9-21(16)17(23)15-11-22(20-19-15)13-4-7-18-8-5-13;/h2-3,10-11,13,18H,4-9H2,1H3;1H. The predicted molar refractivity (Wildman–Crippen MR) is 96.8 cm³/mol. The summed E-state index contributed by atoms with van der Waals surface area (Å²) in [5.74, 6) is 0.735. The monoisotopic (exact) mass is 363 g/mol. The van der Waals surface area contributed by atoms with Gasteiger partial charge in [0.25, 0.3) is 5.91 Å². The van der Waals surface area contributed by atoms with Crippen molar-refractivity contribution >= 4 is 24.0 Å². The molecule has 0 radical (unpaired) electrons. The number of hydrogen-bond acceptors (Lipinski definition) is 5. The number of amides is 1. The minimum Gasteiger partial charge on any atom is -0.497 e. The fraction of sp³-hybridized carbons (Fsp3) is 0.471. The van der Waals surface area contributed by atoms with Gasteiger partial charge in [0, 0.05) is 12.2 Å². The third kappa shape index (κ3) is 3.34. The van der Waals surface area contributed by atoms with Crippen LogP contribution in [-0.4, -0.2) is 47.6 Å². The first-order chi connectivity index (χ1) is 11.8. The molecule has 1 aromatic heterocycles. The normalized spacial score (nSPS) is 17.1. The second-order valence-corrected chi connectivity index (χ2v) is 6.27. The highest BCUT2D eigenvalue weighted by Gasteiger charge is 2.28. The quantitative estimate of drug-likeness (QED) is 0.900. The molecule has 8 heteroatoms. The number of anilines is 1. The summed E-state index contributed by atoms with van der Waals surface area (Å²) in [5.41, 5.74) is 2.49. The number of nitrogens with zero attached hydrogens (tertiary/aromatic N) is 4. The lowest BCUT2D eigenvalue weighted by Crippen LogP contribution is -2.30. The zero-order chi connectivity index (χ0) is 16.5. The number of nitrogens with one attached hydrogen (secondary N) is 1. The molecular weight excluding hydrogens is 342 g/mol. The summed E-state index contributed by atoms with van der Waals surface area (Å²) in [6.07, 6.45) is 4.66. The van der Waals surface area contributed by atoms with Gasteiger partial charge >= 0.3 is 0 Å². The number of aromatic nitrogens is 3. The summed E-state index contributed by atoms with van der Waals surface area (Å²) >= 11 is 0. The lowest BCUT2D eigenvalue weighted by Gasteiger charge is -2.22. The summed E-state index contributed by atoms with van der Waals surface area (Å²) in [6, 6.07) is 6.15. The van der Waals surface area contributed by atoms with Crippen LogP contribution in [0.1, 0.15) is 34.9 Å². The number of benzene rings is 1. The van der Waals surface area contributed by atoms with Crippen molar-refractivity contribution in [3.05, 3.63) is 35.7 Å². The smallest absolute Gasteiger partial charge is 0.280 e. The van der Waals surface area contributed by atoms with Crippen molar-refractivity contribution in [2.75, 3.05) is 31.6 Å². The van der Waals surface area contributed by atoms with E-state index in [1.54, 1.807) is 18.2 Å². The van der Waals surface area contributed by atoms with Crippen molar-refractivity contribution in [1.29, 1.82) is 0 Å². The molecule has 134 valence electrons. The van der Waals surface area contributed by atoms with E-state index >= 15 is 0 Å². The Morgan fingerprint density at radius 1 is 1.32 bits per heavy atom. The Labute approximate surface area is 152 Å². The predicted octanol–water partition coefficient (Wildman–Crippen LogP) is 1.84. The number of methoxy groups -OCH3 is 1. The molecule has 7 nitrogen and oxygen atoms in total. The van der Waals surface area contributed by atoms with Gasteiger partial charge in [0.15, 0.2) is 5.69 Å². The van der Waals surface area contributed by atoms with Crippen molar-refractivity contribution in [2.45, 2.75) is 25.3 Å². The van der Waals surface area contributed by atoms with E-state index in [2.05, 4.69) is 15.6 Å². The Morgan fingerprint density at radius 3 is 2.88 bits per heavy atom. The first kappa shape index (κ1) is 17.7. The van der Waals surface area contributed by atoms with Crippen molar-refractivity contribution < 1.29 is 9.53 Å². The molecule has 2 aliphatic heterocycles. The van der Waals surface area contributed by atoms with Gasteiger partial charge in [-0.05, 0) is 56.1 Å². The Hall–Kier alpha value is -2.12. The molecule has 4 rings (SSSR count). The highest BCUT2D eigenvalue weighted by Crippen LogP contribution is 2.32. The van der Waals surface area contributed by atoms with Gasteiger partial charge in [0.1, 0.15) is 5.75 Å². The highest BCUT2D eigenvalue weighted by atomic mass is 35.5. The van der Waals surface area contributed by atoms with Crippen LogP contribution in [-0.2, 0) is 6.42 Å². The fourth-order valence-electron chi connectivity index (χ4n) is 3.48. The maximum atomic E-state index is 12.8. The van der Waals surface area contributed by atoms with E-state index < -0.39 is 0 Å². The third-order valence-electron chi connectivity index (χ3n) is 4.84. The topological polar surface area (TPSA) is 72.3 Å². The molecule has 2 aromatic rings. The van der Waals surface area contributed by atoms with E-state index in [-0.39, 0.29) is 18.3 Å². The van der Waals surface area contributed by atoms with Crippen LogP contribution in [0.15, 0.2) is 24.4 Å². The molecule has 0 spiro atoms. The maximum Gasteiger partial charge on any atom is 0.280 e. The van der Waals surface area contributed by atoms with Crippen LogP contribution < -0.4 is 15.0 Å². The highest BCUT2D eigenvalue weighted by molar-refractivity contribution is 6.05. The number of piperidine rings is 1. The van der Waals surface area contributed by atoms with E-state index in [9.17, 15) is 4.79 Å². The average Bonchev–Trinajstić information content (AvgIpc) is 3.28. The molecule has 0 saturated carbocycles. The molecule has 1 saturated heterocycles. The van der Waals surface area contributed by atoms with Crippen LogP contribution in [0.25, 0.3) is 0 Å². The van der Waals surface area contributed by atoms with Gasteiger partial charge in [-0.2, -0.15) is 0 Å². The van der Waals surface area contributed by atoms with Gasteiger partial charge in [-0.15, -0.1) is 17.5 Å². The molecule has 1 amide bonds. The summed E-state index contributed by atoms with van der Waals surface area (Å²) in [6.45, 7) is 2.63. The van der Waals surface area contributed by atoms with Gasteiger partial charge in [0.2, 0.25) is 0 Å². The zero-order valence-electron chi connectivity index (χ0n) is 14.1. The lowest BCUT2D eigenvalue weighted by atomic mass is 10.1. The van der Waals surface area contributed by atoms with Gasteiger partial charge in [0.05, 0.1) is 19.3 Å². The molecule has 1 fully saturated rings. The molecule has 1 N–H and O–H groups in total. The lowest BCUT2D eigenvalue weighted by molar-refractivity contribution is 0.0984. The molecule has 2 aliphatic rings. The Morgan fingerprint density at radius 2 is 2.12 bits per heavy atom. The van der Waals surface area contributed by atoms with Crippen LogP contribution in [0.3, 0.4) is 0 Å². The summed E-state index contributed by atoms with van der Waals surface area (Å²) in [5, 5.41) is 11.6. The average molecular weight is 364 g/mol. The van der Waals surface area contributed by atoms with Crippen LogP contribution in [0.2, 0.25) is 0 Å². The summed E-state index contributed by atoms with van der Waals surface area (Å²) in [4.78, 5) is 14.6. The number of hydrogen-bond donors (Lipinski definition) is 1. The van der Waals surface area contributed by atoms with Crippen molar-refractivity contribution in [2.24, 2.45) is 0 Å². The van der Waals surface area contributed by atoms with Gasteiger partial charge in [-0.3, -0.25) is 4.79 Å². The van der Waals surface area contributed by atoms with E-state index in [0.717, 1.165) is 49.4 Å².